The van der Waals surface area contributed by atoms with Crippen molar-refractivity contribution in [2.75, 3.05) is 6.61 Å². The Morgan fingerprint density at radius 1 is 0.923 bits per heavy atom. The van der Waals surface area contributed by atoms with E-state index in [1.165, 1.54) is 10.6 Å². The Bertz CT molecular complexity index is 1580. The largest absolute Gasteiger partial charge is 0.462 e. The van der Waals surface area contributed by atoms with Crippen LogP contribution in [0.4, 0.5) is 0 Å². The highest BCUT2D eigenvalue weighted by Crippen LogP contribution is 2.35. The number of benzene rings is 3. The van der Waals surface area contributed by atoms with Crippen molar-refractivity contribution < 1.29 is 19.1 Å². The van der Waals surface area contributed by atoms with Crippen LogP contribution in [0.3, 0.4) is 0 Å². The molecule has 0 bridgehead atoms. The third kappa shape index (κ3) is 6.77. The topological polar surface area (TPSA) is 74.6 Å². The molecule has 3 aromatic carbocycles. The van der Waals surface area contributed by atoms with E-state index in [9.17, 15) is 14.4 Å². The van der Waals surface area contributed by atoms with Crippen LogP contribution in [-0.4, -0.2) is 22.9 Å². The molecule has 0 saturated carbocycles. The lowest BCUT2D eigenvalue weighted by atomic mass is 9.84. The molecule has 8 heteroatoms. The van der Waals surface area contributed by atoms with Gasteiger partial charge >= 0.3 is 5.97 Å². The monoisotopic (exact) mass is 563 g/mol. The molecule has 4 aromatic rings. The molecule has 0 aliphatic carbocycles. The van der Waals surface area contributed by atoms with Crippen LogP contribution in [0.5, 0.6) is 11.5 Å². The molecule has 6 nitrogen and oxygen atoms in total. The Morgan fingerprint density at radius 2 is 1.64 bits per heavy atom. The number of hydrogen-bond donors (Lipinski definition) is 0. The summed E-state index contributed by atoms with van der Waals surface area (Å²) in [6, 6.07) is 20.8. The van der Waals surface area contributed by atoms with Crippen LogP contribution < -0.4 is 10.3 Å². The van der Waals surface area contributed by atoms with E-state index in [-0.39, 0.29) is 40.9 Å². The summed E-state index contributed by atoms with van der Waals surface area (Å²) in [5.41, 5.74) is 3.37. The minimum atomic E-state index is -0.521. The van der Waals surface area contributed by atoms with Gasteiger partial charge in [0.25, 0.3) is 0 Å². The van der Waals surface area contributed by atoms with Crippen LogP contribution in [0.15, 0.2) is 83.8 Å². The number of aryl methyl sites for hydroxylation is 2. The van der Waals surface area contributed by atoms with Crippen molar-refractivity contribution in [1.29, 1.82) is 0 Å². The van der Waals surface area contributed by atoms with Gasteiger partial charge in [-0.3, -0.25) is 9.59 Å². The summed E-state index contributed by atoms with van der Waals surface area (Å²) in [7, 11) is 1.62. The number of aromatic nitrogens is 1. The molecule has 0 aliphatic rings. The summed E-state index contributed by atoms with van der Waals surface area (Å²) in [5, 5.41) is 0.897. The molecule has 4 rings (SSSR count). The second kappa shape index (κ2) is 12.3. The molecule has 1 unspecified atom stereocenters. The quantitative estimate of drug-likeness (QED) is 0.157. The van der Waals surface area contributed by atoms with E-state index in [0.717, 1.165) is 16.7 Å². The summed E-state index contributed by atoms with van der Waals surface area (Å²) in [5.74, 6) is 0.120. The average Bonchev–Trinajstić information content (AvgIpc) is 2.91. The van der Waals surface area contributed by atoms with Gasteiger partial charge in [-0.2, -0.15) is 0 Å². The lowest BCUT2D eigenvalue weighted by Crippen LogP contribution is -2.17. The van der Waals surface area contributed by atoms with E-state index in [2.05, 4.69) is 0 Å². The number of Topliss-reactive ketones (excluding diaryl/α,β-unsaturated/α-hetero) is 1. The van der Waals surface area contributed by atoms with Gasteiger partial charge in [0.05, 0.1) is 17.2 Å². The minimum Gasteiger partial charge on any atom is -0.462 e. The maximum absolute atomic E-state index is 13.3. The van der Waals surface area contributed by atoms with E-state index >= 15 is 0 Å². The van der Waals surface area contributed by atoms with Gasteiger partial charge in [0.15, 0.2) is 5.78 Å². The fourth-order valence-corrected chi connectivity index (χ4v) is 4.76. The summed E-state index contributed by atoms with van der Waals surface area (Å²) in [6.07, 6.45) is 1.75. The third-order valence-electron chi connectivity index (χ3n) is 6.36. The van der Waals surface area contributed by atoms with Gasteiger partial charge in [-0.1, -0.05) is 41.4 Å². The highest BCUT2D eigenvalue weighted by molar-refractivity contribution is 6.33. The van der Waals surface area contributed by atoms with Crippen LogP contribution in [0.1, 0.15) is 56.7 Å². The Labute approximate surface area is 236 Å². The number of hydrogen-bond acceptors (Lipinski definition) is 5. The number of ketones is 1. The molecule has 1 atom stereocenters. The van der Waals surface area contributed by atoms with Crippen LogP contribution >= 0.6 is 23.2 Å². The van der Waals surface area contributed by atoms with E-state index in [0.29, 0.717) is 22.1 Å². The fraction of sp³-hybridized carbons (Fsp3) is 0.194. The van der Waals surface area contributed by atoms with E-state index in [1.54, 1.807) is 44.4 Å². The third-order valence-corrected chi connectivity index (χ3v) is 6.92. The lowest BCUT2D eigenvalue weighted by molar-refractivity contribution is 0.0526. The van der Waals surface area contributed by atoms with Crippen LogP contribution in [0.2, 0.25) is 10.0 Å². The van der Waals surface area contributed by atoms with E-state index < -0.39 is 5.97 Å². The van der Waals surface area contributed by atoms with Gasteiger partial charge in [0, 0.05) is 42.2 Å². The zero-order valence-corrected chi connectivity index (χ0v) is 23.3. The lowest BCUT2D eigenvalue weighted by Gasteiger charge is -2.20. The number of halogens is 2. The Hall–Kier alpha value is -3.87. The van der Waals surface area contributed by atoms with E-state index in [1.807, 2.05) is 49.4 Å². The molecular weight excluding hydrogens is 537 g/mol. The maximum atomic E-state index is 13.3. The molecule has 1 aromatic heterocycles. The second-order valence-corrected chi connectivity index (χ2v) is 9.92. The molecule has 0 radical (unpaired) electrons. The maximum Gasteiger partial charge on any atom is 0.339 e. The van der Waals surface area contributed by atoms with Gasteiger partial charge in [-0.05, 0) is 79.1 Å². The highest BCUT2D eigenvalue weighted by Gasteiger charge is 2.22. The number of esters is 1. The smallest absolute Gasteiger partial charge is 0.339 e. The second-order valence-electron chi connectivity index (χ2n) is 9.08. The Kier molecular flexibility index (Phi) is 8.90. The van der Waals surface area contributed by atoms with Crippen molar-refractivity contribution in [3.63, 3.8) is 0 Å². The number of pyridine rings is 1. The molecule has 0 spiro atoms. The standard InChI is InChI=1S/C31H27Cl2NO5/c1-4-38-31(37)27-16-24(11-13-28(27)33)39-23-9-5-20(6-10-23)26(25-12-8-22(32)15-19(25)2)17-29(35)21-7-14-30(36)34(3)18-21/h5-16,18,26H,4,17H2,1-3H3. The molecule has 200 valence electrons. The highest BCUT2D eigenvalue weighted by atomic mass is 35.5. The molecular formula is C31H27Cl2NO5. The van der Waals surface area contributed by atoms with Crippen molar-refractivity contribution in [2.45, 2.75) is 26.2 Å². The number of ether oxygens (including phenoxy) is 2. The number of carbonyl (C=O) groups is 2. The zero-order valence-electron chi connectivity index (χ0n) is 21.7. The summed E-state index contributed by atoms with van der Waals surface area (Å²) in [6.45, 7) is 3.92. The summed E-state index contributed by atoms with van der Waals surface area (Å²) >= 11 is 12.4. The molecule has 0 saturated heterocycles. The number of rotatable bonds is 9. The Balaban J connectivity index is 1.62. The van der Waals surface area contributed by atoms with Crippen LogP contribution in [-0.2, 0) is 11.8 Å². The Morgan fingerprint density at radius 3 is 2.31 bits per heavy atom. The summed E-state index contributed by atoms with van der Waals surface area (Å²) < 4.78 is 12.4. The fourth-order valence-electron chi connectivity index (χ4n) is 4.34. The number of carbonyl (C=O) groups excluding carboxylic acids is 2. The van der Waals surface area contributed by atoms with E-state index in [4.69, 9.17) is 32.7 Å². The molecule has 0 aliphatic heterocycles. The van der Waals surface area contributed by atoms with Gasteiger partial charge < -0.3 is 14.0 Å². The van der Waals surface area contributed by atoms with Crippen LogP contribution in [0, 0.1) is 6.92 Å². The van der Waals surface area contributed by atoms with Crippen molar-refractivity contribution in [3.8, 4) is 11.5 Å². The molecule has 0 amide bonds. The van der Waals surface area contributed by atoms with Gasteiger partial charge in [-0.25, -0.2) is 4.79 Å². The first-order chi connectivity index (χ1) is 18.7. The van der Waals surface area contributed by atoms with Crippen molar-refractivity contribution in [1.82, 2.24) is 4.57 Å². The predicted octanol–water partition coefficient (Wildman–Crippen LogP) is 7.37. The van der Waals surface area contributed by atoms with Crippen molar-refractivity contribution in [2.24, 2.45) is 7.05 Å². The van der Waals surface area contributed by atoms with Crippen molar-refractivity contribution >= 4 is 35.0 Å². The normalized spacial score (nSPS) is 11.6. The molecule has 39 heavy (non-hydrogen) atoms. The van der Waals surface area contributed by atoms with Crippen LogP contribution in [0.25, 0.3) is 0 Å². The summed E-state index contributed by atoms with van der Waals surface area (Å²) in [4.78, 5) is 37.3. The predicted molar refractivity (Wildman–Crippen MR) is 153 cm³/mol. The minimum absolute atomic E-state index is 0.0852. The van der Waals surface area contributed by atoms with Crippen molar-refractivity contribution in [3.05, 3.63) is 127 Å². The molecule has 0 N–H and O–H groups in total. The average molecular weight is 564 g/mol. The first kappa shape index (κ1) is 28.1. The zero-order chi connectivity index (χ0) is 28.1. The molecule has 1 heterocycles. The SMILES string of the molecule is CCOC(=O)c1cc(Oc2ccc(C(CC(=O)c3ccc(=O)n(C)c3)c3ccc(Cl)cc3C)cc2)ccc1Cl. The first-order valence-corrected chi connectivity index (χ1v) is 13.1. The first-order valence-electron chi connectivity index (χ1n) is 12.4. The number of nitrogens with zero attached hydrogens (tertiary/aromatic N) is 1. The van der Waals surface area contributed by atoms with Gasteiger partial charge in [-0.15, -0.1) is 0 Å². The van der Waals surface area contributed by atoms with Gasteiger partial charge in [0.2, 0.25) is 5.56 Å². The molecule has 0 fully saturated rings. The van der Waals surface area contributed by atoms with Gasteiger partial charge in [0.1, 0.15) is 11.5 Å².